The zero-order valence-electron chi connectivity index (χ0n) is 17.6. The van der Waals surface area contributed by atoms with Crippen LogP contribution in [-0.2, 0) is 19.9 Å². The van der Waals surface area contributed by atoms with Gasteiger partial charge in [-0.3, -0.25) is 4.90 Å². The first-order valence-electron chi connectivity index (χ1n) is 10.8. The Bertz CT molecular complexity index is 763. The predicted octanol–water partition coefficient (Wildman–Crippen LogP) is 2.47. The number of fused-ring (bicyclic) bond motifs is 2. The monoisotopic (exact) mass is 434 g/mol. The van der Waals surface area contributed by atoms with Crippen molar-refractivity contribution in [3.63, 3.8) is 0 Å². The molecular weight excluding hydrogens is 403 g/mol. The van der Waals surface area contributed by atoms with Crippen molar-refractivity contribution >= 4 is 11.9 Å². The highest BCUT2D eigenvalue weighted by Crippen LogP contribution is 2.55. The lowest BCUT2D eigenvalue weighted by Crippen LogP contribution is -2.50. The lowest BCUT2D eigenvalue weighted by atomic mass is 9.75. The molecule has 0 aromatic heterocycles. The van der Waals surface area contributed by atoms with Crippen LogP contribution in [0.15, 0.2) is 36.4 Å². The molecule has 170 valence electrons. The fraction of sp³-hybridized carbons (Fsp3) is 0.565. The van der Waals surface area contributed by atoms with Crippen LogP contribution in [0.2, 0.25) is 0 Å². The van der Waals surface area contributed by atoms with E-state index in [0.717, 1.165) is 45.3 Å². The average Bonchev–Trinajstić information content (AvgIpc) is 3.36. The molecular formula is C23H31FN2O5. The number of carbonyl (C=O) groups is 2. The Morgan fingerprint density at radius 1 is 1.13 bits per heavy atom. The molecule has 4 rings (SSSR count). The summed E-state index contributed by atoms with van der Waals surface area (Å²) in [7, 11) is 0. The second-order valence-electron chi connectivity index (χ2n) is 8.45. The topological polar surface area (TPSA) is 99.1 Å². The number of hydrogen-bond donors (Lipinski definition) is 3. The maximum atomic E-state index is 13.3. The van der Waals surface area contributed by atoms with Crippen LogP contribution in [0.4, 0.5) is 4.39 Å². The Morgan fingerprint density at radius 3 is 2.29 bits per heavy atom. The smallest absolute Gasteiger partial charge is 0.328 e. The summed E-state index contributed by atoms with van der Waals surface area (Å²) in [5.41, 5.74) is 1.36. The zero-order valence-corrected chi connectivity index (χ0v) is 17.6. The number of aliphatic carboxylic acids is 2. The summed E-state index contributed by atoms with van der Waals surface area (Å²) in [6.07, 6.45) is 6.35. The van der Waals surface area contributed by atoms with Gasteiger partial charge < -0.3 is 20.3 Å². The Labute approximate surface area is 181 Å². The SMILES string of the molecule is Fc1ccc([C@]2(NCCN3CCOCC3)C[C@H]3CC[C@@H]2C3)cc1.O=C(O)/C=C/C(=O)O. The number of ether oxygens (including phenoxy) is 1. The van der Waals surface area contributed by atoms with Crippen molar-refractivity contribution < 1.29 is 28.9 Å². The van der Waals surface area contributed by atoms with E-state index in [4.69, 9.17) is 14.9 Å². The van der Waals surface area contributed by atoms with Gasteiger partial charge in [-0.15, -0.1) is 0 Å². The number of carboxylic acids is 2. The molecule has 1 saturated heterocycles. The van der Waals surface area contributed by atoms with Crippen molar-refractivity contribution in [2.45, 2.75) is 31.2 Å². The van der Waals surface area contributed by atoms with Crippen molar-refractivity contribution in [2.24, 2.45) is 11.8 Å². The maximum Gasteiger partial charge on any atom is 0.328 e. The van der Waals surface area contributed by atoms with Crippen LogP contribution in [0.1, 0.15) is 31.2 Å². The van der Waals surface area contributed by atoms with Crippen molar-refractivity contribution in [3.05, 3.63) is 47.8 Å². The molecule has 1 aliphatic heterocycles. The maximum absolute atomic E-state index is 13.3. The van der Waals surface area contributed by atoms with Crippen molar-refractivity contribution in [3.8, 4) is 0 Å². The molecule has 2 saturated carbocycles. The third-order valence-corrected chi connectivity index (χ3v) is 6.55. The Morgan fingerprint density at radius 2 is 1.77 bits per heavy atom. The van der Waals surface area contributed by atoms with Crippen LogP contribution in [0.5, 0.6) is 0 Å². The minimum absolute atomic E-state index is 0.0723. The summed E-state index contributed by atoms with van der Waals surface area (Å²) in [5.74, 6) is -1.09. The van der Waals surface area contributed by atoms with Crippen LogP contribution >= 0.6 is 0 Å². The molecule has 8 heteroatoms. The molecule has 3 atom stereocenters. The fourth-order valence-electron chi connectivity index (χ4n) is 5.15. The molecule has 0 unspecified atom stereocenters. The molecule has 0 radical (unpaired) electrons. The van der Waals surface area contributed by atoms with E-state index in [1.165, 1.54) is 31.2 Å². The molecule has 2 bridgehead atoms. The second-order valence-corrected chi connectivity index (χ2v) is 8.45. The summed E-state index contributed by atoms with van der Waals surface area (Å²) < 4.78 is 18.8. The first-order valence-corrected chi connectivity index (χ1v) is 10.8. The van der Waals surface area contributed by atoms with Gasteiger partial charge in [-0.1, -0.05) is 18.6 Å². The molecule has 3 fully saturated rings. The van der Waals surface area contributed by atoms with E-state index in [2.05, 4.69) is 10.2 Å². The molecule has 1 aromatic carbocycles. The van der Waals surface area contributed by atoms with Crippen LogP contribution in [0.25, 0.3) is 0 Å². The van der Waals surface area contributed by atoms with E-state index >= 15 is 0 Å². The standard InChI is InChI=1S/C19H27FN2O.C4H4O4/c20-18-5-3-16(4-6-18)19(14-15-1-2-17(19)13-15)21-7-8-22-9-11-23-12-10-22;5-3(6)1-2-4(7)8/h3-6,15,17,21H,1-2,7-14H2;1-2H,(H,5,6)(H,7,8)/b;2-1+/t15-,17+,19+;/m0./s1. The van der Waals surface area contributed by atoms with Gasteiger partial charge in [0.15, 0.2) is 0 Å². The van der Waals surface area contributed by atoms with Gasteiger partial charge in [0.25, 0.3) is 0 Å². The Kier molecular flexibility index (Phi) is 8.17. The first-order chi connectivity index (χ1) is 14.9. The average molecular weight is 435 g/mol. The molecule has 0 amide bonds. The Hall–Kier alpha value is -2.29. The number of rotatable bonds is 7. The molecule has 3 aliphatic rings. The van der Waals surface area contributed by atoms with Gasteiger partial charge >= 0.3 is 11.9 Å². The van der Waals surface area contributed by atoms with E-state index in [1.807, 2.05) is 12.1 Å². The highest BCUT2D eigenvalue weighted by molar-refractivity contribution is 5.89. The van der Waals surface area contributed by atoms with Gasteiger partial charge in [-0.05, 0) is 48.8 Å². The number of morpholine rings is 1. The van der Waals surface area contributed by atoms with E-state index in [9.17, 15) is 14.0 Å². The fourth-order valence-corrected chi connectivity index (χ4v) is 5.15. The third-order valence-electron chi connectivity index (χ3n) is 6.55. The van der Waals surface area contributed by atoms with Crippen LogP contribution in [0.3, 0.4) is 0 Å². The van der Waals surface area contributed by atoms with Gasteiger partial charge in [0.1, 0.15) is 5.82 Å². The van der Waals surface area contributed by atoms with E-state index < -0.39 is 11.9 Å². The summed E-state index contributed by atoms with van der Waals surface area (Å²) in [6, 6.07) is 7.23. The number of carboxylic acid groups (broad SMARTS) is 2. The summed E-state index contributed by atoms with van der Waals surface area (Å²) in [6.45, 7) is 5.86. The quantitative estimate of drug-likeness (QED) is 0.567. The van der Waals surface area contributed by atoms with Crippen molar-refractivity contribution in [1.29, 1.82) is 0 Å². The minimum Gasteiger partial charge on any atom is -0.478 e. The normalized spacial score (nSPS) is 27.8. The number of benzene rings is 1. The highest BCUT2D eigenvalue weighted by Gasteiger charge is 2.51. The summed E-state index contributed by atoms with van der Waals surface area (Å²) in [4.78, 5) is 21.6. The molecule has 1 heterocycles. The van der Waals surface area contributed by atoms with Gasteiger partial charge in [-0.25, -0.2) is 14.0 Å². The molecule has 7 nitrogen and oxygen atoms in total. The molecule has 0 spiro atoms. The largest absolute Gasteiger partial charge is 0.478 e. The van der Waals surface area contributed by atoms with Crippen molar-refractivity contribution in [1.82, 2.24) is 10.2 Å². The Balaban J connectivity index is 0.000000293. The lowest BCUT2D eigenvalue weighted by Gasteiger charge is -2.40. The highest BCUT2D eigenvalue weighted by atomic mass is 19.1. The predicted molar refractivity (Wildman–Crippen MR) is 113 cm³/mol. The molecule has 31 heavy (non-hydrogen) atoms. The number of nitrogens with one attached hydrogen (secondary N) is 1. The number of nitrogens with zero attached hydrogens (tertiary/aromatic N) is 1. The first kappa shape index (κ1) is 23.4. The number of hydrogen-bond acceptors (Lipinski definition) is 5. The van der Waals surface area contributed by atoms with E-state index in [1.54, 1.807) is 12.1 Å². The van der Waals surface area contributed by atoms with Crippen LogP contribution in [0, 0.1) is 17.7 Å². The molecule has 1 aromatic rings. The molecule has 2 aliphatic carbocycles. The van der Waals surface area contributed by atoms with Gasteiger partial charge in [0.05, 0.1) is 13.2 Å². The third kappa shape index (κ3) is 6.35. The second kappa shape index (κ2) is 10.8. The van der Waals surface area contributed by atoms with Gasteiger partial charge in [-0.2, -0.15) is 0 Å². The van der Waals surface area contributed by atoms with E-state index in [-0.39, 0.29) is 11.4 Å². The van der Waals surface area contributed by atoms with E-state index in [0.29, 0.717) is 18.1 Å². The van der Waals surface area contributed by atoms with Gasteiger partial charge in [0, 0.05) is 43.9 Å². The number of halogens is 1. The molecule has 3 N–H and O–H groups in total. The summed E-state index contributed by atoms with van der Waals surface area (Å²) in [5, 5.41) is 19.5. The lowest BCUT2D eigenvalue weighted by molar-refractivity contribution is -0.134. The summed E-state index contributed by atoms with van der Waals surface area (Å²) >= 11 is 0. The van der Waals surface area contributed by atoms with Crippen LogP contribution in [-0.4, -0.2) is 66.4 Å². The van der Waals surface area contributed by atoms with Gasteiger partial charge in [0.2, 0.25) is 0 Å². The van der Waals surface area contributed by atoms with Crippen molar-refractivity contribution in [2.75, 3.05) is 39.4 Å². The zero-order chi connectivity index (χ0) is 22.3. The minimum atomic E-state index is -1.26. The van der Waals surface area contributed by atoms with Crippen LogP contribution < -0.4 is 5.32 Å².